The molecule has 0 fully saturated rings. The molecule has 0 aliphatic rings. The molecule has 0 aliphatic heterocycles. The Kier molecular flexibility index (Phi) is 4.17. The lowest BCUT2D eigenvalue weighted by atomic mass is 10.1. The molecule has 0 spiro atoms. The fourth-order valence-electron chi connectivity index (χ4n) is 1.26. The van der Waals surface area contributed by atoms with Crippen LogP contribution in [-0.4, -0.2) is 29.6 Å². The molecule has 0 saturated heterocycles. The van der Waals surface area contributed by atoms with Crippen molar-refractivity contribution in [2.75, 3.05) is 6.54 Å². The highest BCUT2D eigenvalue weighted by molar-refractivity contribution is 5.94. The van der Waals surface area contributed by atoms with Gasteiger partial charge >= 0.3 is 0 Å². The predicted octanol–water partition coefficient (Wildman–Crippen LogP) is -0.290. The first-order chi connectivity index (χ1) is 7.90. The molecule has 1 unspecified atom stereocenters. The third-order valence-electron chi connectivity index (χ3n) is 2.09. The molecule has 6 heteroatoms. The molecule has 0 saturated carbocycles. The highest BCUT2D eigenvalue weighted by atomic mass is 19.1. The lowest BCUT2D eigenvalue weighted by molar-refractivity contribution is -0.125. The number of aliphatic hydroxyl groups is 1. The Bertz CT molecular complexity index is 428. The maximum Gasteiger partial charge on any atom is 0.251 e. The molecule has 2 amide bonds. The van der Waals surface area contributed by atoms with Crippen molar-refractivity contribution in [3.8, 4) is 0 Å². The molecule has 0 aliphatic carbocycles. The highest BCUT2D eigenvalue weighted by Gasteiger charge is 2.13. The number of aryl methyl sites for hydroxylation is 1. The van der Waals surface area contributed by atoms with E-state index in [1.54, 1.807) is 6.92 Å². The summed E-state index contributed by atoms with van der Waals surface area (Å²) in [7, 11) is 0. The van der Waals surface area contributed by atoms with Crippen molar-refractivity contribution >= 4 is 11.8 Å². The van der Waals surface area contributed by atoms with E-state index in [-0.39, 0.29) is 12.1 Å². The minimum absolute atomic E-state index is 0.124. The number of nitrogens with two attached hydrogens (primary N) is 1. The molecular weight excluding hydrogens is 227 g/mol. The molecule has 4 N–H and O–H groups in total. The zero-order valence-corrected chi connectivity index (χ0v) is 9.24. The van der Waals surface area contributed by atoms with Gasteiger partial charge in [-0.05, 0) is 30.7 Å². The first-order valence-electron chi connectivity index (χ1n) is 4.93. The van der Waals surface area contributed by atoms with Crippen LogP contribution in [-0.2, 0) is 4.79 Å². The topological polar surface area (TPSA) is 92.4 Å². The molecule has 1 atom stereocenters. The van der Waals surface area contributed by atoms with Crippen LogP contribution in [0.5, 0.6) is 0 Å². The van der Waals surface area contributed by atoms with E-state index in [4.69, 9.17) is 10.8 Å². The average molecular weight is 240 g/mol. The second-order valence-corrected chi connectivity index (χ2v) is 3.65. The summed E-state index contributed by atoms with van der Waals surface area (Å²) in [5, 5.41) is 11.3. The molecule has 1 aromatic carbocycles. The summed E-state index contributed by atoms with van der Waals surface area (Å²) in [4.78, 5) is 22.1. The standard InChI is InChI=1S/C11H13FN2O3/c1-6-2-7(4-8(12)3-6)11(17)14-5-9(15)10(13)16/h2-4,9,15H,5H2,1H3,(H2,13,16)(H,14,17). The van der Waals surface area contributed by atoms with Crippen molar-refractivity contribution in [2.24, 2.45) is 5.73 Å². The molecule has 0 aromatic heterocycles. The number of hydrogen-bond acceptors (Lipinski definition) is 3. The van der Waals surface area contributed by atoms with Gasteiger partial charge in [-0.25, -0.2) is 4.39 Å². The molecule has 5 nitrogen and oxygen atoms in total. The predicted molar refractivity (Wildman–Crippen MR) is 58.7 cm³/mol. The average Bonchev–Trinajstić information content (AvgIpc) is 2.23. The van der Waals surface area contributed by atoms with Gasteiger partial charge in [-0.2, -0.15) is 0 Å². The van der Waals surface area contributed by atoms with E-state index >= 15 is 0 Å². The lowest BCUT2D eigenvalue weighted by Gasteiger charge is -2.09. The van der Waals surface area contributed by atoms with Gasteiger partial charge in [0.1, 0.15) is 11.9 Å². The van der Waals surface area contributed by atoms with Crippen molar-refractivity contribution in [1.29, 1.82) is 0 Å². The van der Waals surface area contributed by atoms with Gasteiger partial charge in [0.15, 0.2) is 0 Å². The zero-order chi connectivity index (χ0) is 13.0. The number of hydrogen-bond donors (Lipinski definition) is 3. The highest BCUT2D eigenvalue weighted by Crippen LogP contribution is 2.08. The molecule has 17 heavy (non-hydrogen) atoms. The van der Waals surface area contributed by atoms with Gasteiger partial charge in [-0.1, -0.05) is 0 Å². The van der Waals surface area contributed by atoms with Crippen LogP contribution in [0, 0.1) is 12.7 Å². The van der Waals surface area contributed by atoms with Crippen molar-refractivity contribution in [3.63, 3.8) is 0 Å². The molecule has 1 aromatic rings. The van der Waals surface area contributed by atoms with Gasteiger partial charge in [-0.15, -0.1) is 0 Å². The minimum Gasteiger partial charge on any atom is -0.381 e. The molecular formula is C11H13FN2O3. The smallest absolute Gasteiger partial charge is 0.251 e. The van der Waals surface area contributed by atoms with E-state index in [1.165, 1.54) is 12.1 Å². The Hall–Kier alpha value is -1.95. The first kappa shape index (κ1) is 13.1. The fraction of sp³-hybridized carbons (Fsp3) is 0.273. The summed E-state index contributed by atoms with van der Waals surface area (Å²) in [5.74, 6) is -2.03. The Balaban J connectivity index is 2.67. The zero-order valence-electron chi connectivity index (χ0n) is 9.24. The van der Waals surface area contributed by atoms with E-state index in [2.05, 4.69) is 5.32 Å². The van der Waals surface area contributed by atoms with Crippen LogP contribution in [0.4, 0.5) is 4.39 Å². The second kappa shape index (κ2) is 5.40. The summed E-state index contributed by atoms with van der Waals surface area (Å²) in [6.07, 6.45) is -1.45. The van der Waals surface area contributed by atoms with Crippen molar-refractivity contribution < 1.29 is 19.1 Å². The number of carbonyl (C=O) groups is 2. The number of benzene rings is 1. The van der Waals surface area contributed by atoms with Crippen LogP contribution in [0.1, 0.15) is 15.9 Å². The Morgan fingerprint density at radius 2 is 2.12 bits per heavy atom. The molecule has 0 radical (unpaired) electrons. The first-order valence-corrected chi connectivity index (χ1v) is 4.93. The van der Waals surface area contributed by atoms with Crippen LogP contribution in [0.3, 0.4) is 0 Å². The minimum atomic E-state index is -1.45. The van der Waals surface area contributed by atoms with Gasteiger partial charge in [-0.3, -0.25) is 9.59 Å². The molecule has 0 bridgehead atoms. The van der Waals surface area contributed by atoms with Gasteiger partial charge in [0.05, 0.1) is 6.54 Å². The summed E-state index contributed by atoms with van der Waals surface area (Å²) < 4.78 is 13.0. The Labute approximate surface area is 97.4 Å². The lowest BCUT2D eigenvalue weighted by Crippen LogP contribution is -2.40. The Morgan fingerprint density at radius 1 is 1.47 bits per heavy atom. The summed E-state index contributed by atoms with van der Waals surface area (Å²) in [6.45, 7) is 1.35. The number of nitrogens with one attached hydrogen (secondary N) is 1. The number of aliphatic hydroxyl groups excluding tert-OH is 1. The molecule has 1 rings (SSSR count). The van der Waals surface area contributed by atoms with E-state index in [9.17, 15) is 14.0 Å². The number of primary amides is 1. The SMILES string of the molecule is Cc1cc(F)cc(C(=O)NCC(O)C(N)=O)c1. The van der Waals surface area contributed by atoms with E-state index in [0.29, 0.717) is 5.56 Å². The van der Waals surface area contributed by atoms with Crippen LogP contribution >= 0.6 is 0 Å². The van der Waals surface area contributed by atoms with Gasteiger partial charge in [0.2, 0.25) is 5.91 Å². The molecule has 92 valence electrons. The quantitative estimate of drug-likeness (QED) is 0.675. The van der Waals surface area contributed by atoms with Crippen LogP contribution < -0.4 is 11.1 Å². The van der Waals surface area contributed by atoms with Crippen LogP contribution in [0.15, 0.2) is 18.2 Å². The summed E-state index contributed by atoms with van der Waals surface area (Å²) in [6, 6.07) is 3.85. The second-order valence-electron chi connectivity index (χ2n) is 3.65. The van der Waals surface area contributed by atoms with E-state index in [0.717, 1.165) is 6.07 Å². The number of carbonyl (C=O) groups excluding carboxylic acids is 2. The van der Waals surface area contributed by atoms with Crippen molar-refractivity contribution in [1.82, 2.24) is 5.32 Å². The van der Waals surface area contributed by atoms with Crippen molar-refractivity contribution in [3.05, 3.63) is 35.1 Å². The van der Waals surface area contributed by atoms with Gasteiger partial charge in [0, 0.05) is 5.56 Å². The monoisotopic (exact) mass is 240 g/mol. The number of rotatable bonds is 4. The maximum atomic E-state index is 13.0. The van der Waals surface area contributed by atoms with Gasteiger partial charge < -0.3 is 16.2 Å². The maximum absolute atomic E-state index is 13.0. The van der Waals surface area contributed by atoms with Gasteiger partial charge in [0.25, 0.3) is 5.91 Å². The number of halogens is 1. The largest absolute Gasteiger partial charge is 0.381 e. The van der Waals surface area contributed by atoms with Crippen LogP contribution in [0.25, 0.3) is 0 Å². The normalized spacial score (nSPS) is 11.9. The molecule has 0 heterocycles. The fourth-order valence-corrected chi connectivity index (χ4v) is 1.26. The van der Waals surface area contributed by atoms with Crippen molar-refractivity contribution in [2.45, 2.75) is 13.0 Å². The summed E-state index contributed by atoms with van der Waals surface area (Å²) >= 11 is 0. The third kappa shape index (κ3) is 3.84. The summed E-state index contributed by atoms with van der Waals surface area (Å²) in [5.41, 5.74) is 5.54. The third-order valence-corrected chi connectivity index (χ3v) is 2.09. The van der Waals surface area contributed by atoms with E-state index in [1.807, 2.05) is 0 Å². The van der Waals surface area contributed by atoms with E-state index < -0.39 is 23.7 Å². The van der Waals surface area contributed by atoms with Crippen LogP contribution in [0.2, 0.25) is 0 Å². The number of amides is 2. The Morgan fingerprint density at radius 3 is 2.65 bits per heavy atom.